The Hall–Kier alpha value is -1.68. The van der Waals surface area contributed by atoms with Crippen molar-refractivity contribution < 1.29 is 9.90 Å². The molecule has 1 amide bonds. The molecule has 1 aliphatic rings. The van der Waals surface area contributed by atoms with Gasteiger partial charge in [-0.05, 0) is 36.5 Å². The molecule has 2 N–H and O–H groups in total. The van der Waals surface area contributed by atoms with Crippen molar-refractivity contribution in [3.63, 3.8) is 0 Å². The third kappa shape index (κ3) is 4.00. The number of hydrogen-bond acceptors (Lipinski definition) is 3. The van der Waals surface area contributed by atoms with E-state index in [4.69, 9.17) is 0 Å². The van der Waals surface area contributed by atoms with Gasteiger partial charge in [0.15, 0.2) is 0 Å². The minimum absolute atomic E-state index is 0.187. The van der Waals surface area contributed by atoms with E-state index in [1.165, 1.54) is 6.08 Å². The maximum atomic E-state index is 11.4. The second kappa shape index (κ2) is 5.59. The summed E-state index contributed by atoms with van der Waals surface area (Å²) in [7, 11) is 0. The lowest BCUT2D eigenvalue weighted by Gasteiger charge is -2.08. The van der Waals surface area contributed by atoms with Gasteiger partial charge in [0, 0.05) is 25.0 Å². The Bertz CT molecular complexity index is 399. The van der Waals surface area contributed by atoms with E-state index in [-0.39, 0.29) is 5.91 Å². The molecule has 1 heterocycles. The fourth-order valence-corrected chi connectivity index (χ4v) is 1.56. The second-order valence-corrected chi connectivity index (χ2v) is 4.27. The molecule has 0 aromatic carbocycles. The second-order valence-electron chi connectivity index (χ2n) is 4.27. The van der Waals surface area contributed by atoms with E-state index in [2.05, 4.69) is 10.3 Å². The average Bonchev–Trinajstić information content (AvgIpc) is 3.19. The molecule has 1 fully saturated rings. The molecule has 90 valence electrons. The molecule has 4 nitrogen and oxygen atoms in total. The van der Waals surface area contributed by atoms with Crippen LogP contribution in [0.2, 0.25) is 0 Å². The molecule has 1 aliphatic carbocycles. The number of pyridine rings is 1. The van der Waals surface area contributed by atoms with E-state index in [0.29, 0.717) is 12.5 Å². The zero-order valence-electron chi connectivity index (χ0n) is 9.54. The molecule has 1 saturated carbocycles. The molecule has 17 heavy (non-hydrogen) atoms. The van der Waals surface area contributed by atoms with E-state index in [1.807, 2.05) is 12.1 Å². The topological polar surface area (TPSA) is 62.2 Å². The molecule has 2 rings (SSSR count). The van der Waals surface area contributed by atoms with Gasteiger partial charge in [-0.3, -0.25) is 9.78 Å². The Balaban J connectivity index is 1.75. The molecule has 0 spiro atoms. The minimum atomic E-state index is -0.397. The molecular weight excluding hydrogens is 216 g/mol. The summed E-state index contributed by atoms with van der Waals surface area (Å²) in [5.74, 6) is 0.200. The first kappa shape index (κ1) is 11.8. The Labute approximate surface area is 100 Å². The smallest absolute Gasteiger partial charge is 0.244 e. The van der Waals surface area contributed by atoms with Crippen LogP contribution in [0.15, 0.2) is 30.6 Å². The van der Waals surface area contributed by atoms with Crippen LogP contribution in [0.25, 0.3) is 6.08 Å². The van der Waals surface area contributed by atoms with Gasteiger partial charge in [-0.1, -0.05) is 6.07 Å². The number of amides is 1. The van der Waals surface area contributed by atoms with Gasteiger partial charge in [0.25, 0.3) is 0 Å². The minimum Gasteiger partial charge on any atom is -0.391 e. The maximum Gasteiger partial charge on any atom is 0.244 e. The maximum absolute atomic E-state index is 11.4. The Morgan fingerprint density at radius 1 is 1.65 bits per heavy atom. The van der Waals surface area contributed by atoms with Gasteiger partial charge >= 0.3 is 0 Å². The zero-order valence-corrected chi connectivity index (χ0v) is 9.54. The van der Waals surface area contributed by atoms with E-state index in [1.54, 1.807) is 18.5 Å². The van der Waals surface area contributed by atoms with Crippen LogP contribution < -0.4 is 5.32 Å². The molecule has 0 saturated heterocycles. The first-order valence-electron chi connectivity index (χ1n) is 5.80. The van der Waals surface area contributed by atoms with Gasteiger partial charge in [0.2, 0.25) is 5.91 Å². The summed E-state index contributed by atoms with van der Waals surface area (Å²) in [6.07, 6.45) is 8.27. The van der Waals surface area contributed by atoms with Gasteiger partial charge in [0.1, 0.15) is 0 Å². The van der Waals surface area contributed by atoms with Crippen molar-refractivity contribution >= 4 is 12.0 Å². The molecule has 4 heteroatoms. The lowest BCUT2D eigenvalue weighted by molar-refractivity contribution is -0.116. The van der Waals surface area contributed by atoms with Crippen LogP contribution in [0.5, 0.6) is 0 Å². The third-order valence-electron chi connectivity index (χ3n) is 2.76. The Kier molecular flexibility index (Phi) is 3.88. The number of hydrogen-bond donors (Lipinski definition) is 2. The van der Waals surface area contributed by atoms with Gasteiger partial charge in [-0.2, -0.15) is 0 Å². The number of aromatic nitrogens is 1. The van der Waals surface area contributed by atoms with Crippen LogP contribution in [0, 0.1) is 5.92 Å². The van der Waals surface area contributed by atoms with E-state index < -0.39 is 6.10 Å². The summed E-state index contributed by atoms with van der Waals surface area (Å²) in [5.41, 5.74) is 0.880. The van der Waals surface area contributed by atoms with E-state index in [0.717, 1.165) is 18.4 Å². The number of aliphatic hydroxyl groups is 1. The predicted octanol–water partition coefficient (Wildman–Crippen LogP) is 0.982. The number of rotatable bonds is 5. The highest BCUT2D eigenvalue weighted by atomic mass is 16.3. The summed E-state index contributed by atoms with van der Waals surface area (Å²) >= 11 is 0. The van der Waals surface area contributed by atoms with Crippen molar-refractivity contribution in [2.75, 3.05) is 6.54 Å². The Morgan fingerprint density at radius 3 is 3.12 bits per heavy atom. The quantitative estimate of drug-likeness (QED) is 0.744. The van der Waals surface area contributed by atoms with Gasteiger partial charge in [0.05, 0.1) is 6.10 Å². The van der Waals surface area contributed by atoms with Crippen molar-refractivity contribution in [1.82, 2.24) is 10.3 Å². The lowest BCUT2D eigenvalue weighted by atomic mass is 10.2. The first-order valence-corrected chi connectivity index (χ1v) is 5.80. The third-order valence-corrected chi connectivity index (χ3v) is 2.76. The van der Waals surface area contributed by atoms with Crippen LogP contribution in [0.4, 0.5) is 0 Å². The summed E-state index contributed by atoms with van der Waals surface area (Å²) < 4.78 is 0. The highest BCUT2D eigenvalue weighted by Gasteiger charge is 2.29. The molecule has 1 aromatic heterocycles. The largest absolute Gasteiger partial charge is 0.391 e. The number of carbonyl (C=O) groups excluding carboxylic acids is 1. The van der Waals surface area contributed by atoms with Gasteiger partial charge in [-0.25, -0.2) is 0 Å². The molecular formula is C13H16N2O2. The van der Waals surface area contributed by atoms with E-state index in [9.17, 15) is 9.90 Å². The normalized spacial score (nSPS) is 17.0. The summed E-state index contributed by atoms with van der Waals surface area (Å²) in [5, 5.41) is 12.3. The fraction of sp³-hybridized carbons (Fsp3) is 0.385. The highest BCUT2D eigenvalue weighted by molar-refractivity contribution is 5.91. The first-order chi connectivity index (χ1) is 8.25. The molecule has 0 aliphatic heterocycles. The molecule has 0 radical (unpaired) electrons. The number of carbonyl (C=O) groups is 1. The summed E-state index contributed by atoms with van der Waals surface area (Å²) in [4.78, 5) is 15.4. The summed E-state index contributed by atoms with van der Waals surface area (Å²) in [6.45, 7) is 0.334. The summed E-state index contributed by atoms with van der Waals surface area (Å²) in [6, 6.07) is 3.68. The highest BCUT2D eigenvalue weighted by Crippen LogP contribution is 2.32. The van der Waals surface area contributed by atoms with Crippen molar-refractivity contribution in [2.45, 2.75) is 18.9 Å². The van der Waals surface area contributed by atoms with Crippen molar-refractivity contribution in [2.24, 2.45) is 5.92 Å². The van der Waals surface area contributed by atoms with Crippen molar-refractivity contribution in [3.05, 3.63) is 36.2 Å². The zero-order chi connectivity index (χ0) is 12.1. The van der Waals surface area contributed by atoms with Crippen LogP contribution in [0.1, 0.15) is 18.4 Å². The Morgan fingerprint density at radius 2 is 2.47 bits per heavy atom. The fourth-order valence-electron chi connectivity index (χ4n) is 1.56. The van der Waals surface area contributed by atoms with Crippen LogP contribution in [0.3, 0.4) is 0 Å². The standard InChI is InChI=1S/C13H16N2O2/c16-12(11-4-5-11)9-15-13(17)6-3-10-2-1-7-14-8-10/h1-3,6-8,11-12,16H,4-5,9H2,(H,15,17). The number of nitrogens with one attached hydrogen (secondary N) is 1. The van der Waals surface area contributed by atoms with Crippen molar-refractivity contribution in [1.29, 1.82) is 0 Å². The van der Waals surface area contributed by atoms with Gasteiger partial charge < -0.3 is 10.4 Å². The SMILES string of the molecule is O=C(C=Cc1cccnc1)NCC(O)C1CC1. The number of aliphatic hydroxyl groups excluding tert-OH is 1. The molecule has 1 unspecified atom stereocenters. The van der Waals surface area contributed by atoms with E-state index >= 15 is 0 Å². The van der Waals surface area contributed by atoms with Gasteiger partial charge in [-0.15, -0.1) is 0 Å². The average molecular weight is 232 g/mol. The van der Waals surface area contributed by atoms with Crippen molar-refractivity contribution in [3.8, 4) is 0 Å². The molecule has 1 aromatic rings. The van der Waals surface area contributed by atoms with Crippen LogP contribution >= 0.6 is 0 Å². The van der Waals surface area contributed by atoms with Crippen LogP contribution in [-0.2, 0) is 4.79 Å². The lowest BCUT2D eigenvalue weighted by Crippen LogP contribution is -2.31. The molecule has 0 bridgehead atoms. The predicted molar refractivity (Wildman–Crippen MR) is 65.0 cm³/mol. The number of nitrogens with zero attached hydrogens (tertiary/aromatic N) is 1. The van der Waals surface area contributed by atoms with Crippen LogP contribution in [-0.4, -0.2) is 28.6 Å². The molecule has 1 atom stereocenters. The monoisotopic (exact) mass is 232 g/mol.